The number of halogens is 2. The molecule has 21 heavy (non-hydrogen) atoms. The number of carbonyl (C=O) groups is 1. The van der Waals surface area contributed by atoms with Crippen molar-refractivity contribution in [3.05, 3.63) is 24.2 Å². The molecule has 1 N–H and O–H groups in total. The van der Waals surface area contributed by atoms with E-state index in [1.807, 2.05) is 0 Å². The third-order valence-electron chi connectivity index (χ3n) is 3.49. The second-order valence-electron chi connectivity index (χ2n) is 4.87. The normalized spacial score (nSPS) is 18.0. The van der Waals surface area contributed by atoms with Gasteiger partial charge in [0.2, 0.25) is 0 Å². The number of sulfonamides is 1. The number of nitrogens with zero attached hydrogens (tertiary/aromatic N) is 1. The second kappa shape index (κ2) is 6.52. The highest BCUT2D eigenvalue weighted by molar-refractivity contribution is 7.89. The molecule has 118 valence electrons. The van der Waals surface area contributed by atoms with E-state index in [0.717, 1.165) is 4.31 Å². The Hall–Kier alpha value is -1.48. The van der Waals surface area contributed by atoms with Crippen molar-refractivity contribution >= 4 is 15.9 Å². The van der Waals surface area contributed by atoms with Gasteiger partial charge in [0.15, 0.2) is 0 Å². The largest absolute Gasteiger partial charge is 0.472 e. The van der Waals surface area contributed by atoms with Gasteiger partial charge in [0.25, 0.3) is 15.9 Å². The van der Waals surface area contributed by atoms with Crippen molar-refractivity contribution in [2.24, 2.45) is 5.92 Å². The highest BCUT2D eigenvalue weighted by Gasteiger charge is 2.34. The van der Waals surface area contributed by atoms with Crippen LogP contribution in [0.5, 0.6) is 0 Å². The van der Waals surface area contributed by atoms with Gasteiger partial charge < -0.3 is 9.73 Å². The van der Waals surface area contributed by atoms with Gasteiger partial charge in [-0.25, -0.2) is 8.42 Å². The summed E-state index contributed by atoms with van der Waals surface area (Å²) in [6.45, 7) is 0.490. The summed E-state index contributed by atoms with van der Waals surface area (Å²) in [5.41, 5.74) is 0.410. The summed E-state index contributed by atoms with van der Waals surface area (Å²) >= 11 is 0. The molecule has 9 heteroatoms. The average Bonchev–Trinajstić information content (AvgIpc) is 2.99. The maximum Gasteiger partial charge on any atom is 0.350 e. The minimum absolute atomic E-state index is 0.0545. The Morgan fingerprint density at radius 3 is 2.62 bits per heavy atom. The average molecular weight is 322 g/mol. The molecule has 0 unspecified atom stereocenters. The lowest BCUT2D eigenvalue weighted by Gasteiger charge is -2.30. The number of hydrogen-bond donors (Lipinski definition) is 1. The predicted molar refractivity (Wildman–Crippen MR) is 70.3 cm³/mol. The predicted octanol–water partition coefficient (Wildman–Crippen LogP) is 1.27. The lowest BCUT2D eigenvalue weighted by atomic mass is 9.98. The van der Waals surface area contributed by atoms with Gasteiger partial charge in [0, 0.05) is 19.6 Å². The van der Waals surface area contributed by atoms with Crippen LogP contribution in [0.4, 0.5) is 8.78 Å². The van der Waals surface area contributed by atoms with Gasteiger partial charge in [-0.1, -0.05) is 0 Å². The van der Waals surface area contributed by atoms with Gasteiger partial charge in [-0.05, 0) is 24.8 Å². The smallest absolute Gasteiger partial charge is 0.350 e. The lowest BCUT2D eigenvalue weighted by molar-refractivity contribution is 0.0940. The third kappa shape index (κ3) is 3.79. The molecule has 1 aliphatic heterocycles. The molecular formula is C12H16F2N2O4S. The number of piperidine rings is 1. The van der Waals surface area contributed by atoms with Crippen molar-refractivity contribution in [2.45, 2.75) is 18.6 Å². The molecule has 0 bridgehead atoms. The highest BCUT2D eigenvalue weighted by Crippen LogP contribution is 2.22. The maximum absolute atomic E-state index is 12.4. The van der Waals surface area contributed by atoms with E-state index in [1.54, 1.807) is 0 Å². The van der Waals surface area contributed by atoms with Crippen molar-refractivity contribution < 1.29 is 26.4 Å². The van der Waals surface area contributed by atoms with E-state index < -0.39 is 15.8 Å². The third-order valence-corrected chi connectivity index (χ3v) is 5.03. The number of hydrogen-bond acceptors (Lipinski definition) is 4. The van der Waals surface area contributed by atoms with E-state index in [4.69, 9.17) is 4.42 Å². The number of alkyl halides is 2. The van der Waals surface area contributed by atoms with Crippen molar-refractivity contribution in [3.8, 4) is 0 Å². The van der Waals surface area contributed by atoms with Gasteiger partial charge in [0.05, 0.1) is 11.8 Å². The maximum atomic E-state index is 12.4. The Morgan fingerprint density at radius 2 is 2.10 bits per heavy atom. The van der Waals surface area contributed by atoms with Gasteiger partial charge >= 0.3 is 5.76 Å². The molecule has 1 aliphatic rings. The molecule has 0 aromatic carbocycles. The van der Waals surface area contributed by atoms with Crippen LogP contribution in [0.15, 0.2) is 23.0 Å². The van der Waals surface area contributed by atoms with Crippen LogP contribution in [0.1, 0.15) is 23.2 Å². The summed E-state index contributed by atoms with van der Waals surface area (Å²) in [6.07, 6.45) is 3.60. The number of rotatable bonds is 5. The van der Waals surface area contributed by atoms with E-state index in [2.05, 4.69) is 5.32 Å². The molecule has 2 heterocycles. The fourth-order valence-corrected chi connectivity index (χ4v) is 3.16. The zero-order valence-electron chi connectivity index (χ0n) is 11.2. The molecular weight excluding hydrogens is 306 g/mol. The van der Waals surface area contributed by atoms with Crippen molar-refractivity contribution in [1.82, 2.24) is 9.62 Å². The van der Waals surface area contributed by atoms with E-state index in [1.165, 1.54) is 18.6 Å². The number of nitrogens with one attached hydrogen (secondary N) is 1. The van der Waals surface area contributed by atoms with Crippen molar-refractivity contribution in [2.75, 3.05) is 19.6 Å². The zero-order chi connectivity index (χ0) is 15.5. The number of carbonyl (C=O) groups excluding carboxylic acids is 1. The highest BCUT2D eigenvalue weighted by atomic mass is 32.2. The fourth-order valence-electron chi connectivity index (χ4n) is 2.21. The van der Waals surface area contributed by atoms with Crippen LogP contribution < -0.4 is 5.32 Å². The molecule has 0 spiro atoms. The van der Waals surface area contributed by atoms with Gasteiger partial charge in [-0.15, -0.1) is 0 Å². The Balaban J connectivity index is 1.78. The number of amides is 1. The van der Waals surface area contributed by atoms with Crippen LogP contribution in [0, 0.1) is 5.92 Å². The van der Waals surface area contributed by atoms with E-state index >= 15 is 0 Å². The minimum atomic E-state index is -4.49. The Morgan fingerprint density at radius 1 is 1.43 bits per heavy atom. The lowest BCUT2D eigenvalue weighted by Crippen LogP contribution is -2.43. The summed E-state index contributed by atoms with van der Waals surface area (Å²) < 4.78 is 53.0. The first-order chi connectivity index (χ1) is 9.91. The summed E-state index contributed by atoms with van der Waals surface area (Å²) in [4.78, 5) is 11.7. The molecule has 0 aliphatic carbocycles. The van der Waals surface area contributed by atoms with E-state index in [9.17, 15) is 22.0 Å². The van der Waals surface area contributed by atoms with Crippen molar-refractivity contribution in [3.63, 3.8) is 0 Å². The molecule has 1 saturated heterocycles. The van der Waals surface area contributed by atoms with E-state index in [-0.39, 0.29) is 24.9 Å². The van der Waals surface area contributed by atoms with Crippen LogP contribution in [-0.2, 0) is 10.0 Å². The zero-order valence-corrected chi connectivity index (χ0v) is 12.0. The van der Waals surface area contributed by atoms with E-state index in [0.29, 0.717) is 24.9 Å². The van der Waals surface area contributed by atoms with Crippen molar-refractivity contribution in [1.29, 1.82) is 0 Å². The summed E-state index contributed by atoms with van der Waals surface area (Å²) in [5, 5.41) is 2.72. The molecule has 1 fully saturated rings. The van der Waals surface area contributed by atoms with Crippen LogP contribution in [0.25, 0.3) is 0 Å². The molecule has 1 amide bonds. The van der Waals surface area contributed by atoms with Crippen LogP contribution >= 0.6 is 0 Å². The van der Waals surface area contributed by atoms with Crippen LogP contribution in [-0.4, -0.2) is 44.0 Å². The summed E-state index contributed by atoms with van der Waals surface area (Å²) in [5.74, 6) is -3.58. The monoisotopic (exact) mass is 322 g/mol. The van der Waals surface area contributed by atoms with Gasteiger partial charge in [-0.2, -0.15) is 13.1 Å². The minimum Gasteiger partial charge on any atom is -0.472 e. The molecule has 1 aromatic rings. The fraction of sp³-hybridized carbons (Fsp3) is 0.583. The SMILES string of the molecule is O=C(NCC1CCN(S(=O)(=O)C(F)F)CC1)c1ccoc1. The standard InChI is InChI=1S/C12H16F2N2O4S/c13-12(14)21(18,19)16-4-1-9(2-5-16)7-15-11(17)10-3-6-20-8-10/h3,6,8-9,12H,1-2,4-5,7H2,(H,15,17). The first kappa shape index (κ1) is 15.9. The molecule has 0 radical (unpaired) electrons. The van der Waals surface area contributed by atoms with Crippen LogP contribution in [0.2, 0.25) is 0 Å². The Bertz CT molecular complexity index is 566. The second-order valence-corrected chi connectivity index (χ2v) is 6.77. The molecule has 1 aromatic heterocycles. The number of furan rings is 1. The Kier molecular flexibility index (Phi) is 4.94. The summed E-state index contributed by atoms with van der Waals surface area (Å²) in [6, 6.07) is 1.53. The molecule has 6 nitrogen and oxygen atoms in total. The molecule has 0 saturated carbocycles. The topological polar surface area (TPSA) is 79.6 Å². The first-order valence-electron chi connectivity index (χ1n) is 6.49. The Labute approximate surface area is 121 Å². The van der Waals surface area contributed by atoms with Gasteiger partial charge in [-0.3, -0.25) is 4.79 Å². The molecule has 2 rings (SSSR count). The quantitative estimate of drug-likeness (QED) is 0.885. The van der Waals surface area contributed by atoms with Crippen LogP contribution in [0.3, 0.4) is 0 Å². The summed E-state index contributed by atoms with van der Waals surface area (Å²) in [7, 11) is -4.49. The van der Waals surface area contributed by atoms with Gasteiger partial charge in [0.1, 0.15) is 6.26 Å². The molecule has 0 atom stereocenters. The first-order valence-corrected chi connectivity index (χ1v) is 7.99.